The number of pyridine rings is 1. The molecule has 0 unspecified atom stereocenters. The van der Waals surface area contributed by atoms with Crippen LogP contribution in [0.25, 0.3) is 0 Å². The molecule has 0 saturated heterocycles. The maximum atomic E-state index is 4.56. The van der Waals surface area contributed by atoms with Crippen LogP contribution in [0.2, 0.25) is 0 Å². The van der Waals surface area contributed by atoms with Gasteiger partial charge >= 0.3 is 0 Å². The zero-order chi connectivity index (χ0) is 14.9. The first-order chi connectivity index (χ1) is 10.3. The molecule has 2 N–H and O–H groups in total. The van der Waals surface area contributed by atoms with Crippen LogP contribution in [0.4, 0.5) is 0 Å². The van der Waals surface area contributed by atoms with Gasteiger partial charge in [0.2, 0.25) is 0 Å². The molecule has 0 radical (unpaired) electrons. The molecule has 0 spiro atoms. The van der Waals surface area contributed by atoms with Crippen LogP contribution >= 0.6 is 35.3 Å². The monoisotopic (exact) mass is 430 g/mol. The van der Waals surface area contributed by atoms with Crippen molar-refractivity contribution in [2.45, 2.75) is 33.4 Å². The second kappa shape index (κ2) is 10.6. The van der Waals surface area contributed by atoms with Crippen molar-refractivity contribution in [3.63, 3.8) is 0 Å². The second-order valence-electron chi connectivity index (χ2n) is 4.59. The van der Waals surface area contributed by atoms with E-state index in [0.717, 1.165) is 31.2 Å². The molecular formula is C16H23IN4S. The Morgan fingerprint density at radius 1 is 1.14 bits per heavy atom. The number of thiophene rings is 1. The quantitative estimate of drug-likeness (QED) is 0.419. The Bertz CT molecular complexity index is 569. The zero-order valence-corrected chi connectivity index (χ0v) is 16.2. The van der Waals surface area contributed by atoms with Crippen molar-refractivity contribution in [2.24, 2.45) is 4.99 Å². The first-order valence-corrected chi connectivity index (χ1v) is 8.13. The molecule has 2 rings (SSSR count). The molecule has 0 aliphatic heterocycles. The van der Waals surface area contributed by atoms with E-state index in [9.17, 15) is 0 Å². The lowest BCUT2D eigenvalue weighted by Crippen LogP contribution is -2.36. The summed E-state index contributed by atoms with van der Waals surface area (Å²) in [7, 11) is 0. The van der Waals surface area contributed by atoms with Crippen molar-refractivity contribution in [1.82, 2.24) is 15.6 Å². The number of aliphatic imine (C=N–C) groups is 1. The van der Waals surface area contributed by atoms with E-state index in [4.69, 9.17) is 0 Å². The van der Waals surface area contributed by atoms with E-state index in [0.29, 0.717) is 6.54 Å². The Balaban J connectivity index is 0.00000242. The molecule has 0 bridgehead atoms. The lowest BCUT2D eigenvalue weighted by atomic mass is 10.3. The summed E-state index contributed by atoms with van der Waals surface area (Å²) in [6, 6.07) is 10.3. The molecule has 0 aromatic carbocycles. The van der Waals surface area contributed by atoms with Gasteiger partial charge in [-0.2, -0.15) is 0 Å². The van der Waals surface area contributed by atoms with Gasteiger partial charge in [-0.1, -0.05) is 13.0 Å². The number of halogens is 1. The standard InChI is InChI=1S/C16H22N4S.HI/c1-3-14-8-9-15(21-14)12-20-16(17-4-2)19-11-13-7-5-6-10-18-13;/h5-10H,3-4,11-12H2,1-2H3,(H2,17,19,20);1H. The molecule has 0 fully saturated rings. The van der Waals surface area contributed by atoms with Crippen LogP contribution in [0.3, 0.4) is 0 Å². The average Bonchev–Trinajstić information content (AvgIpc) is 2.99. The van der Waals surface area contributed by atoms with Crippen LogP contribution in [0.15, 0.2) is 41.5 Å². The fourth-order valence-electron chi connectivity index (χ4n) is 1.87. The fraction of sp³-hybridized carbons (Fsp3) is 0.375. The van der Waals surface area contributed by atoms with Crippen molar-refractivity contribution >= 4 is 41.3 Å². The molecule has 2 aromatic heterocycles. The number of guanidine groups is 1. The Morgan fingerprint density at radius 2 is 1.95 bits per heavy atom. The predicted molar refractivity (Wildman–Crippen MR) is 105 cm³/mol. The number of nitrogens with zero attached hydrogens (tertiary/aromatic N) is 2. The van der Waals surface area contributed by atoms with E-state index in [2.05, 4.69) is 46.6 Å². The van der Waals surface area contributed by atoms with Crippen LogP contribution in [0.1, 0.15) is 29.3 Å². The molecule has 0 saturated carbocycles. The van der Waals surface area contributed by atoms with Gasteiger partial charge in [0.15, 0.2) is 5.96 Å². The van der Waals surface area contributed by atoms with Crippen molar-refractivity contribution in [3.05, 3.63) is 52.0 Å². The van der Waals surface area contributed by atoms with Gasteiger partial charge in [0, 0.05) is 22.5 Å². The number of rotatable bonds is 6. The third kappa shape index (κ3) is 6.31. The first-order valence-electron chi connectivity index (χ1n) is 7.31. The molecule has 4 nitrogen and oxygen atoms in total. The predicted octanol–water partition coefficient (Wildman–Crippen LogP) is 3.58. The van der Waals surface area contributed by atoms with E-state index < -0.39 is 0 Å². The summed E-state index contributed by atoms with van der Waals surface area (Å²) in [5, 5.41) is 6.63. The van der Waals surface area contributed by atoms with E-state index in [1.54, 1.807) is 6.20 Å². The summed E-state index contributed by atoms with van der Waals surface area (Å²) >= 11 is 1.85. The van der Waals surface area contributed by atoms with E-state index >= 15 is 0 Å². The van der Waals surface area contributed by atoms with Crippen molar-refractivity contribution in [2.75, 3.05) is 6.54 Å². The van der Waals surface area contributed by atoms with Gasteiger partial charge in [-0.3, -0.25) is 4.98 Å². The minimum absolute atomic E-state index is 0. The third-order valence-electron chi connectivity index (χ3n) is 2.97. The lowest BCUT2D eigenvalue weighted by molar-refractivity contribution is 0.819. The molecule has 22 heavy (non-hydrogen) atoms. The first kappa shape index (κ1) is 18.9. The Morgan fingerprint density at radius 3 is 2.59 bits per heavy atom. The maximum absolute atomic E-state index is 4.56. The van der Waals surface area contributed by atoms with Gasteiger partial charge in [-0.25, -0.2) is 4.99 Å². The molecule has 2 aromatic rings. The molecule has 0 amide bonds. The normalized spacial score (nSPS) is 10.9. The Labute approximate surface area is 153 Å². The van der Waals surface area contributed by atoms with E-state index in [1.807, 2.05) is 29.5 Å². The average molecular weight is 430 g/mol. The minimum atomic E-state index is 0. The zero-order valence-electron chi connectivity index (χ0n) is 13.0. The molecule has 6 heteroatoms. The summed E-state index contributed by atoms with van der Waals surface area (Å²) in [6.45, 7) is 6.48. The van der Waals surface area contributed by atoms with Gasteiger partial charge in [0.05, 0.1) is 18.8 Å². The maximum Gasteiger partial charge on any atom is 0.191 e. The summed E-state index contributed by atoms with van der Waals surface area (Å²) < 4.78 is 0. The SMILES string of the molecule is CCNC(=NCc1ccccn1)NCc1ccc(CC)s1.I. The number of aromatic nitrogens is 1. The highest BCUT2D eigenvalue weighted by Gasteiger charge is 2.01. The molecule has 2 heterocycles. The smallest absolute Gasteiger partial charge is 0.191 e. The van der Waals surface area contributed by atoms with Gasteiger partial charge in [-0.15, -0.1) is 35.3 Å². The highest BCUT2D eigenvalue weighted by atomic mass is 127. The summed E-state index contributed by atoms with van der Waals surface area (Å²) in [4.78, 5) is 11.6. The highest BCUT2D eigenvalue weighted by Crippen LogP contribution is 2.16. The topological polar surface area (TPSA) is 49.3 Å². The van der Waals surface area contributed by atoms with Gasteiger partial charge in [-0.05, 0) is 37.6 Å². The van der Waals surface area contributed by atoms with Crippen LogP contribution < -0.4 is 10.6 Å². The van der Waals surface area contributed by atoms with Crippen molar-refractivity contribution in [1.29, 1.82) is 0 Å². The fourth-order valence-corrected chi connectivity index (χ4v) is 2.77. The van der Waals surface area contributed by atoms with Crippen molar-refractivity contribution < 1.29 is 0 Å². The lowest BCUT2D eigenvalue weighted by Gasteiger charge is -2.10. The second-order valence-corrected chi connectivity index (χ2v) is 5.84. The Hall–Kier alpha value is -1.15. The summed E-state index contributed by atoms with van der Waals surface area (Å²) in [5.74, 6) is 0.828. The summed E-state index contributed by atoms with van der Waals surface area (Å²) in [5.41, 5.74) is 0.971. The van der Waals surface area contributed by atoms with E-state index in [1.165, 1.54) is 9.75 Å². The third-order valence-corrected chi connectivity index (χ3v) is 4.19. The number of nitrogens with one attached hydrogen (secondary N) is 2. The molecule has 0 aliphatic carbocycles. The highest BCUT2D eigenvalue weighted by molar-refractivity contribution is 14.0. The van der Waals surface area contributed by atoms with Gasteiger partial charge in [0.1, 0.15) is 0 Å². The molecule has 0 aliphatic rings. The number of hydrogen-bond acceptors (Lipinski definition) is 3. The van der Waals surface area contributed by atoms with Crippen LogP contribution in [-0.4, -0.2) is 17.5 Å². The largest absolute Gasteiger partial charge is 0.357 e. The number of hydrogen-bond donors (Lipinski definition) is 2. The van der Waals surface area contributed by atoms with Crippen LogP contribution in [0.5, 0.6) is 0 Å². The summed E-state index contributed by atoms with van der Waals surface area (Å²) in [6.07, 6.45) is 2.89. The molecular weight excluding hydrogens is 407 g/mol. The van der Waals surface area contributed by atoms with Crippen LogP contribution in [-0.2, 0) is 19.5 Å². The molecule has 0 atom stereocenters. The van der Waals surface area contributed by atoms with E-state index in [-0.39, 0.29) is 24.0 Å². The minimum Gasteiger partial charge on any atom is -0.357 e. The van der Waals surface area contributed by atoms with Gasteiger partial charge in [0.25, 0.3) is 0 Å². The van der Waals surface area contributed by atoms with Crippen LogP contribution in [0, 0.1) is 0 Å². The Kier molecular flexibility index (Phi) is 9.07. The molecule has 120 valence electrons. The number of aryl methyl sites for hydroxylation is 1. The van der Waals surface area contributed by atoms with Gasteiger partial charge < -0.3 is 10.6 Å². The van der Waals surface area contributed by atoms with Crippen molar-refractivity contribution in [3.8, 4) is 0 Å².